The molecule has 1 aromatic heterocycles. The number of alkyl halides is 3. The second-order valence-corrected chi connectivity index (χ2v) is 5.93. The number of aryl methyl sites for hydroxylation is 2. The normalized spacial score (nSPS) is 11.7. The first-order valence-corrected chi connectivity index (χ1v) is 9.10. The van der Waals surface area contributed by atoms with Crippen LogP contribution < -0.4 is 15.4 Å². The van der Waals surface area contributed by atoms with Crippen LogP contribution in [0.1, 0.15) is 36.4 Å². The lowest BCUT2D eigenvalue weighted by molar-refractivity contribution is -0.138. The van der Waals surface area contributed by atoms with Crippen LogP contribution in [0.4, 0.5) is 13.2 Å². The molecule has 0 radical (unpaired) electrons. The van der Waals surface area contributed by atoms with Gasteiger partial charge in [0.15, 0.2) is 5.96 Å². The van der Waals surface area contributed by atoms with E-state index in [4.69, 9.17) is 9.26 Å². The minimum atomic E-state index is -4.45. The molecule has 0 unspecified atom stereocenters. The Labute approximate surface area is 185 Å². The van der Waals surface area contributed by atoms with Gasteiger partial charge in [-0.3, -0.25) is 4.99 Å². The number of para-hydroxylation sites is 1. The zero-order valence-corrected chi connectivity index (χ0v) is 18.9. The number of nitrogens with one attached hydrogen (secondary N) is 2. The zero-order valence-electron chi connectivity index (χ0n) is 16.6. The maximum Gasteiger partial charge on any atom is 0.419 e. The molecule has 0 amide bonds. The van der Waals surface area contributed by atoms with Crippen molar-refractivity contribution in [1.82, 2.24) is 15.8 Å². The van der Waals surface area contributed by atoms with Crippen molar-refractivity contribution in [3.63, 3.8) is 0 Å². The molecule has 162 valence electrons. The SMILES string of the molecule is CCc1noc(CC)c1CNC(=NC)NCCOc1ccccc1C(F)(F)F.I. The molecule has 2 N–H and O–H groups in total. The molecule has 0 fully saturated rings. The minimum Gasteiger partial charge on any atom is -0.491 e. The van der Waals surface area contributed by atoms with E-state index in [0.717, 1.165) is 35.9 Å². The van der Waals surface area contributed by atoms with E-state index in [2.05, 4.69) is 20.8 Å². The molecule has 0 saturated carbocycles. The third kappa shape index (κ3) is 7.09. The summed E-state index contributed by atoms with van der Waals surface area (Å²) in [6.45, 7) is 4.84. The largest absolute Gasteiger partial charge is 0.491 e. The van der Waals surface area contributed by atoms with Gasteiger partial charge in [0.05, 0.1) is 17.8 Å². The van der Waals surface area contributed by atoms with Crippen LogP contribution in [0.3, 0.4) is 0 Å². The predicted octanol–water partition coefficient (Wildman–Crippen LogP) is 4.18. The first kappa shape index (κ1) is 25.1. The quantitative estimate of drug-likeness (QED) is 0.234. The molecular weight excluding hydrogens is 500 g/mol. The average molecular weight is 526 g/mol. The Bertz CT molecular complexity index is 773. The van der Waals surface area contributed by atoms with E-state index in [9.17, 15) is 13.2 Å². The van der Waals surface area contributed by atoms with Crippen molar-refractivity contribution in [2.45, 2.75) is 39.4 Å². The Kier molecular flexibility index (Phi) is 10.3. The topological polar surface area (TPSA) is 71.7 Å². The van der Waals surface area contributed by atoms with Gasteiger partial charge in [-0.15, -0.1) is 24.0 Å². The second kappa shape index (κ2) is 11.9. The fraction of sp³-hybridized carbons (Fsp3) is 0.474. The van der Waals surface area contributed by atoms with E-state index in [1.54, 1.807) is 7.05 Å². The van der Waals surface area contributed by atoms with Crippen molar-refractivity contribution in [2.75, 3.05) is 20.2 Å². The highest BCUT2D eigenvalue weighted by Crippen LogP contribution is 2.35. The number of benzene rings is 1. The van der Waals surface area contributed by atoms with Crippen LogP contribution in [0.2, 0.25) is 0 Å². The molecule has 0 aliphatic carbocycles. The molecule has 29 heavy (non-hydrogen) atoms. The second-order valence-electron chi connectivity index (χ2n) is 5.93. The van der Waals surface area contributed by atoms with Gasteiger partial charge in [0, 0.05) is 25.6 Å². The summed E-state index contributed by atoms with van der Waals surface area (Å²) >= 11 is 0. The Morgan fingerprint density at radius 2 is 1.90 bits per heavy atom. The van der Waals surface area contributed by atoms with E-state index in [1.807, 2.05) is 13.8 Å². The maximum absolute atomic E-state index is 13.0. The van der Waals surface area contributed by atoms with Crippen LogP contribution >= 0.6 is 24.0 Å². The molecule has 0 aliphatic heterocycles. The van der Waals surface area contributed by atoms with Crippen LogP contribution in [0.15, 0.2) is 33.8 Å². The highest BCUT2D eigenvalue weighted by molar-refractivity contribution is 14.0. The number of guanidine groups is 1. The molecule has 0 aliphatic rings. The van der Waals surface area contributed by atoms with Gasteiger partial charge < -0.3 is 19.9 Å². The number of ether oxygens (including phenoxy) is 1. The van der Waals surface area contributed by atoms with E-state index in [-0.39, 0.29) is 42.9 Å². The number of aromatic nitrogens is 1. The van der Waals surface area contributed by atoms with Crippen LogP contribution in [-0.2, 0) is 25.6 Å². The molecule has 10 heteroatoms. The lowest BCUT2D eigenvalue weighted by Crippen LogP contribution is -2.39. The Morgan fingerprint density at radius 1 is 1.17 bits per heavy atom. The summed E-state index contributed by atoms with van der Waals surface area (Å²) in [5.74, 6) is 1.15. The number of hydrogen-bond donors (Lipinski definition) is 2. The molecule has 0 saturated heterocycles. The first-order valence-electron chi connectivity index (χ1n) is 9.10. The van der Waals surface area contributed by atoms with Crippen molar-refractivity contribution in [2.24, 2.45) is 4.99 Å². The monoisotopic (exact) mass is 526 g/mol. The Hall–Kier alpha value is -1.98. The summed E-state index contributed by atoms with van der Waals surface area (Å²) in [5.41, 5.74) is 1.11. The Balaban J connectivity index is 0.00000420. The lowest BCUT2D eigenvalue weighted by atomic mass is 10.1. The fourth-order valence-corrected chi connectivity index (χ4v) is 2.69. The predicted molar refractivity (Wildman–Crippen MR) is 116 cm³/mol. The number of aliphatic imine (C=N–C) groups is 1. The third-order valence-electron chi connectivity index (χ3n) is 4.11. The van der Waals surface area contributed by atoms with Crippen molar-refractivity contribution < 1.29 is 22.4 Å². The molecule has 0 bridgehead atoms. The van der Waals surface area contributed by atoms with Gasteiger partial charge in [0.2, 0.25) is 0 Å². The van der Waals surface area contributed by atoms with Crippen LogP contribution in [0, 0.1) is 0 Å². The summed E-state index contributed by atoms with van der Waals surface area (Å²) in [6, 6.07) is 5.15. The summed E-state index contributed by atoms with van der Waals surface area (Å²) in [5, 5.41) is 10.2. The van der Waals surface area contributed by atoms with E-state index in [1.165, 1.54) is 18.2 Å². The van der Waals surface area contributed by atoms with Gasteiger partial charge >= 0.3 is 6.18 Å². The zero-order chi connectivity index (χ0) is 20.6. The van der Waals surface area contributed by atoms with Crippen LogP contribution in [0.5, 0.6) is 5.75 Å². The number of nitrogens with zero attached hydrogens (tertiary/aromatic N) is 2. The highest BCUT2D eigenvalue weighted by atomic mass is 127. The molecule has 2 rings (SSSR count). The summed E-state index contributed by atoms with van der Waals surface area (Å²) in [6.07, 6.45) is -2.95. The van der Waals surface area contributed by atoms with E-state index < -0.39 is 11.7 Å². The molecule has 1 aromatic carbocycles. The van der Waals surface area contributed by atoms with Crippen molar-refractivity contribution in [3.8, 4) is 5.75 Å². The fourth-order valence-electron chi connectivity index (χ4n) is 2.69. The summed E-state index contributed by atoms with van der Waals surface area (Å²) in [7, 11) is 1.62. The van der Waals surface area contributed by atoms with Gasteiger partial charge in [0.1, 0.15) is 18.1 Å². The maximum atomic E-state index is 13.0. The highest BCUT2D eigenvalue weighted by Gasteiger charge is 2.33. The Morgan fingerprint density at radius 3 is 2.52 bits per heavy atom. The molecule has 0 atom stereocenters. The van der Waals surface area contributed by atoms with Crippen LogP contribution in [0.25, 0.3) is 0 Å². The lowest BCUT2D eigenvalue weighted by Gasteiger charge is -2.15. The van der Waals surface area contributed by atoms with E-state index >= 15 is 0 Å². The molecular formula is C19H26F3IN4O2. The minimum absolute atomic E-state index is 0. The third-order valence-corrected chi connectivity index (χ3v) is 4.11. The molecule has 2 aromatic rings. The average Bonchev–Trinajstić information content (AvgIpc) is 3.09. The summed E-state index contributed by atoms with van der Waals surface area (Å²) < 4.78 is 49.5. The van der Waals surface area contributed by atoms with Gasteiger partial charge in [-0.1, -0.05) is 31.1 Å². The summed E-state index contributed by atoms with van der Waals surface area (Å²) in [4.78, 5) is 4.11. The standard InChI is InChI=1S/C19H25F3N4O2.HI/c1-4-15-13(16(5-2)28-26-15)12-25-18(23-3)24-10-11-27-17-9-7-6-8-14(17)19(20,21)22;/h6-9H,4-5,10-12H2,1-3H3,(H2,23,24,25);1H. The molecule has 1 heterocycles. The van der Waals surface area contributed by atoms with Gasteiger partial charge in [-0.2, -0.15) is 13.2 Å². The van der Waals surface area contributed by atoms with E-state index in [0.29, 0.717) is 12.5 Å². The molecule has 6 nitrogen and oxygen atoms in total. The van der Waals surface area contributed by atoms with Crippen LogP contribution in [-0.4, -0.2) is 31.3 Å². The smallest absolute Gasteiger partial charge is 0.419 e. The van der Waals surface area contributed by atoms with Crippen molar-refractivity contribution in [1.29, 1.82) is 0 Å². The number of halogens is 4. The van der Waals surface area contributed by atoms with Crippen molar-refractivity contribution in [3.05, 3.63) is 46.8 Å². The number of rotatable bonds is 8. The first-order chi connectivity index (χ1) is 13.4. The van der Waals surface area contributed by atoms with Gasteiger partial charge in [-0.05, 0) is 18.6 Å². The van der Waals surface area contributed by atoms with Gasteiger partial charge in [0.25, 0.3) is 0 Å². The van der Waals surface area contributed by atoms with Crippen molar-refractivity contribution >= 4 is 29.9 Å². The van der Waals surface area contributed by atoms with Gasteiger partial charge in [-0.25, -0.2) is 0 Å². The molecule has 0 spiro atoms. The number of hydrogen-bond acceptors (Lipinski definition) is 4.